The van der Waals surface area contributed by atoms with Crippen LogP contribution in [0.2, 0.25) is 0 Å². The second kappa shape index (κ2) is 6.35. The van der Waals surface area contributed by atoms with Crippen molar-refractivity contribution in [2.75, 3.05) is 13.2 Å². The molecule has 1 aliphatic heterocycles. The molecule has 2 unspecified atom stereocenters. The lowest BCUT2D eigenvalue weighted by Gasteiger charge is -2.17. The number of aromatic nitrogens is 2. The predicted molar refractivity (Wildman–Crippen MR) is 71.1 cm³/mol. The number of carbonyl (C=O) groups is 1. The summed E-state index contributed by atoms with van der Waals surface area (Å²) in [5, 5.41) is 4.00. The minimum atomic E-state index is -0.493. The summed E-state index contributed by atoms with van der Waals surface area (Å²) in [6.45, 7) is 6.80. The van der Waals surface area contributed by atoms with Gasteiger partial charge in [0.25, 0.3) is 0 Å². The zero-order valence-electron chi connectivity index (χ0n) is 12.3. The molecule has 1 aromatic rings. The molecule has 0 saturated carbocycles. The molecule has 20 heavy (non-hydrogen) atoms. The van der Waals surface area contributed by atoms with E-state index in [-0.39, 0.29) is 5.97 Å². The molecule has 2 heterocycles. The molecule has 1 fully saturated rings. The highest BCUT2D eigenvalue weighted by Crippen LogP contribution is 2.34. The van der Waals surface area contributed by atoms with Gasteiger partial charge in [0.1, 0.15) is 11.5 Å². The number of nitrogens with zero attached hydrogens (tertiary/aromatic N) is 2. The van der Waals surface area contributed by atoms with E-state index < -0.39 is 11.5 Å². The van der Waals surface area contributed by atoms with Crippen molar-refractivity contribution in [2.24, 2.45) is 0 Å². The maximum atomic E-state index is 12.0. The van der Waals surface area contributed by atoms with Crippen molar-refractivity contribution < 1.29 is 18.8 Å². The van der Waals surface area contributed by atoms with Crippen molar-refractivity contribution in [3.8, 4) is 0 Å². The minimum absolute atomic E-state index is 0.304. The highest BCUT2D eigenvalue weighted by Gasteiger charge is 2.38. The highest BCUT2D eigenvalue weighted by atomic mass is 16.5. The smallest absolute Gasteiger partial charge is 0.318 e. The summed E-state index contributed by atoms with van der Waals surface area (Å²) < 4.78 is 16.0. The maximum absolute atomic E-state index is 12.0. The van der Waals surface area contributed by atoms with Crippen LogP contribution in [-0.2, 0) is 19.9 Å². The Balaban J connectivity index is 2.18. The Kier molecular flexibility index (Phi) is 4.75. The average Bonchev–Trinajstić information content (AvgIpc) is 3.06. The Bertz CT molecular complexity index is 452. The van der Waals surface area contributed by atoms with Gasteiger partial charge in [-0.3, -0.25) is 4.79 Å². The first kappa shape index (κ1) is 15.0. The van der Waals surface area contributed by atoms with Gasteiger partial charge in [0.05, 0.1) is 6.61 Å². The Labute approximate surface area is 118 Å². The van der Waals surface area contributed by atoms with Gasteiger partial charge in [-0.25, -0.2) is 0 Å². The molecule has 0 radical (unpaired) electrons. The standard InChI is InChI=1S/C14H22N2O4/c1-4-7-10(12(17)18-5-2)11-15-13(16-20-11)14(3)8-6-9-19-14/h10H,4-9H2,1-3H3. The number of esters is 1. The molecule has 0 amide bonds. The molecule has 2 rings (SSSR count). The van der Waals surface area contributed by atoms with E-state index in [0.717, 1.165) is 19.3 Å². The Morgan fingerprint density at radius 2 is 2.30 bits per heavy atom. The van der Waals surface area contributed by atoms with Gasteiger partial charge in [-0.05, 0) is 33.1 Å². The third-order valence-corrected chi connectivity index (χ3v) is 3.58. The lowest BCUT2D eigenvalue weighted by Crippen LogP contribution is -2.22. The van der Waals surface area contributed by atoms with E-state index in [1.165, 1.54) is 0 Å². The molecule has 0 N–H and O–H groups in total. The van der Waals surface area contributed by atoms with Crippen LogP contribution in [0.5, 0.6) is 0 Å². The van der Waals surface area contributed by atoms with Crippen molar-refractivity contribution in [1.82, 2.24) is 10.1 Å². The molecule has 6 nitrogen and oxygen atoms in total. The van der Waals surface area contributed by atoms with Crippen LogP contribution in [0.4, 0.5) is 0 Å². The van der Waals surface area contributed by atoms with Crippen LogP contribution in [0, 0.1) is 0 Å². The topological polar surface area (TPSA) is 74.5 Å². The molecule has 0 aromatic carbocycles. The van der Waals surface area contributed by atoms with E-state index in [4.69, 9.17) is 14.0 Å². The van der Waals surface area contributed by atoms with Gasteiger partial charge < -0.3 is 14.0 Å². The summed E-state index contributed by atoms with van der Waals surface area (Å²) in [7, 11) is 0. The molecule has 0 spiro atoms. The first-order valence-electron chi connectivity index (χ1n) is 7.25. The average molecular weight is 282 g/mol. The van der Waals surface area contributed by atoms with Gasteiger partial charge in [0, 0.05) is 6.61 Å². The van der Waals surface area contributed by atoms with E-state index >= 15 is 0 Å². The van der Waals surface area contributed by atoms with E-state index in [0.29, 0.717) is 31.3 Å². The zero-order valence-corrected chi connectivity index (χ0v) is 12.3. The van der Waals surface area contributed by atoms with Crippen molar-refractivity contribution in [1.29, 1.82) is 0 Å². The summed E-state index contributed by atoms with van der Waals surface area (Å²) in [6.07, 6.45) is 3.33. The zero-order chi connectivity index (χ0) is 14.6. The van der Waals surface area contributed by atoms with Gasteiger partial charge in [0.15, 0.2) is 0 Å². The molecule has 2 atom stereocenters. The summed E-state index contributed by atoms with van der Waals surface area (Å²) in [6, 6.07) is 0. The molecule has 112 valence electrons. The van der Waals surface area contributed by atoms with Crippen LogP contribution in [0.25, 0.3) is 0 Å². The summed E-state index contributed by atoms with van der Waals surface area (Å²) in [5.41, 5.74) is -0.493. The fraction of sp³-hybridized carbons (Fsp3) is 0.786. The predicted octanol–water partition coefficient (Wildman–Crippen LogP) is 2.54. The molecule has 0 aliphatic carbocycles. The van der Waals surface area contributed by atoms with Crippen LogP contribution in [-0.4, -0.2) is 29.3 Å². The summed E-state index contributed by atoms with van der Waals surface area (Å²) in [4.78, 5) is 16.3. The van der Waals surface area contributed by atoms with Crippen LogP contribution >= 0.6 is 0 Å². The Morgan fingerprint density at radius 1 is 1.50 bits per heavy atom. The van der Waals surface area contributed by atoms with E-state index in [9.17, 15) is 4.79 Å². The molecular formula is C14H22N2O4. The number of rotatable bonds is 6. The van der Waals surface area contributed by atoms with E-state index in [1.807, 2.05) is 13.8 Å². The van der Waals surface area contributed by atoms with Gasteiger partial charge in [-0.2, -0.15) is 4.98 Å². The van der Waals surface area contributed by atoms with Crippen molar-refractivity contribution in [3.63, 3.8) is 0 Å². The minimum Gasteiger partial charge on any atom is -0.465 e. The Morgan fingerprint density at radius 3 is 2.90 bits per heavy atom. The lowest BCUT2D eigenvalue weighted by molar-refractivity contribution is -0.145. The normalized spacial score (nSPS) is 23.8. The van der Waals surface area contributed by atoms with E-state index in [2.05, 4.69) is 10.1 Å². The third kappa shape index (κ3) is 3.00. The van der Waals surface area contributed by atoms with Crippen LogP contribution in [0.1, 0.15) is 64.1 Å². The molecule has 0 bridgehead atoms. The number of ether oxygens (including phenoxy) is 2. The van der Waals surface area contributed by atoms with Crippen molar-refractivity contribution in [2.45, 2.75) is 58.0 Å². The van der Waals surface area contributed by atoms with Gasteiger partial charge in [-0.15, -0.1) is 0 Å². The molecule has 1 aromatic heterocycles. The first-order valence-corrected chi connectivity index (χ1v) is 7.25. The highest BCUT2D eigenvalue weighted by molar-refractivity contribution is 5.76. The molecular weight excluding hydrogens is 260 g/mol. The fourth-order valence-electron chi connectivity index (χ4n) is 2.42. The van der Waals surface area contributed by atoms with E-state index in [1.54, 1.807) is 6.92 Å². The van der Waals surface area contributed by atoms with Crippen molar-refractivity contribution in [3.05, 3.63) is 11.7 Å². The molecule has 1 saturated heterocycles. The van der Waals surface area contributed by atoms with Gasteiger partial charge in [0.2, 0.25) is 11.7 Å². The SMILES string of the molecule is CCCC(C(=O)OCC)c1nc(C2(C)CCCO2)no1. The van der Waals surface area contributed by atoms with Crippen LogP contribution in [0.15, 0.2) is 4.52 Å². The van der Waals surface area contributed by atoms with Crippen molar-refractivity contribution >= 4 is 5.97 Å². The maximum Gasteiger partial charge on any atom is 0.318 e. The third-order valence-electron chi connectivity index (χ3n) is 3.58. The summed E-state index contributed by atoms with van der Waals surface area (Å²) in [5.74, 6) is 0.0701. The van der Waals surface area contributed by atoms with Gasteiger partial charge >= 0.3 is 5.97 Å². The monoisotopic (exact) mass is 282 g/mol. The first-order chi connectivity index (χ1) is 9.60. The quantitative estimate of drug-likeness (QED) is 0.746. The van der Waals surface area contributed by atoms with Crippen LogP contribution < -0.4 is 0 Å². The lowest BCUT2D eigenvalue weighted by atomic mass is 10.0. The molecule has 1 aliphatic rings. The second-order valence-electron chi connectivity index (χ2n) is 5.23. The number of carbonyl (C=O) groups excluding carboxylic acids is 1. The number of hydrogen-bond acceptors (Lipinski definition) is 6. The molecule has 6 heteroatoms. The Hall–Kier alpha value is -1.43. The van der Waals surface area contributed by atoms with Crippen LogP contribution in [0.3, 0.4) is 0 Å². The number of hydrogen-bond donors (Lipinski definition) is 0. The second-order valence-corrected chi connectivity index (χ2v) is 5.23. The van der Waals surface area contributed by atoms with Gasteiger partial charge in [-0.1, -0.05) is 18.5 Å². The largest absolute Gasteiger partial charge is 0.465 e. The summed E-state index contributed by atoms with van der Waals surface area (Å²) >= 11 is 0. The fourth-order valence-corrected chi connectivity index (χ4v) is 2.42.